The summed E-state index contributed by atoms with van der Waals surface area (Å²) in [4.78, 5) is 21.5. The highest BCUT2D eigenvalue weighted by molar-refractivity contribution is 5.80. The fourth-order valence-electron chi connectivity index (χ4n) is 3.05. The number of nitriles is 1. The van der Waals surface area contributed by atoms with Crippen molar-refractivity contribution < 1.29 is 14.6 Å². The van der Waals surface area contributed by atoms with Gasteiger partial charge in [0.05, 0.1) is 11.3 Å². The van der Waals surface area contributed by atoms with Crippen LogP contribution in [0.1, 0.15) is 25.3 Å². The fourth-order valence-corrected chi connectivity index (χ4v) is 3.05. The summed E-state index contributed by atoms with van der Waals surface area (Å²) in [6.07, 6.45) is 1.78. The van der Waals surface area contributed by atoms with Gasteiger partial charge in [-0.1, -0.05) is 0 Å². The average Bonchev–Trinajstić information content (AvgIpc) is 2.68. The first-order chi connectivity index (χ1) is 13.0. The van der Waals surface area contributed by atoms with Gasteiger partial charge in [0.15, 0.2) is 0 Å². The van der Waals surface area contributed by atoms with Crippen LogP contribution in [-0.2, 0) is 4.79 Å². The SMILES string of the molecule is C[C@@H](O)C(=O)N1CCC(Oc2ccc(-c3ccnc(N)n3)cc2C#N)CC1. The molecular formula is C19H21N5O3. The number of nitrogen functional groups attached to an aromatic ring is 1. The van der Waals surface area contributed by atoms with Gasteiger partial charge in [-0.15, -0.1) is 0 Å². The third-order valence-corrected chi connectivity index (χ3v) is 4.47. The minimum atomic E-state index is -0.990. The van der Waals surface area contributed by atoms with Crippen LogP contribution in [0.5, 0.6) is 5.75 Å². The normalized spacial score (nSPS) is 15.8. The molecule has 0 radical (unpaired) electrons. The van der Waals surface area contributed by atoms with Crippen LogP contribution in [0.2, 0.25) is 0 Å². The second-order valence-electron chi connectivity index (χ2n) is 6.44. The highest BCUT2D eigenvalue weighted by atomic mass is 16.5. The number of amides is 1. The second-order valence-corrected chi connectivity index (χ2v) is 6.44. The summed E-state index contributed by atoms with van der Waals surface area (Å²) in [5, 5.41) is 18.9. The highest BCUT2D eigenvalue weighted by Gasteiger charge is 2.26. The van der Waals surface area contributed by atoms with Crippen molar-refractivity contribution in [3.8, 4) is 23.1 Å². The molecule has 2 heterocycles. The topological polar surface area (TPSA) is 125 Å². The van der Waals surface area contributed by atoms with Crippen molar-refractivity contribution in [2.45, 2.75) is 32.0 Å². The molecule has 1 saturated heterocycles. The molecule has 1 aromatic carbocycles. The van der Waals surface area contributed by atoms with Gasteiger partial charge in [0.1, 0.15) is 24.0 Å². The molecule has 1 amide bonds. The fraction of sp³-hybridized carbons (Fsp3) is 0.368. The highest BCUT2D eigenvalue weighted by Crippen LogP contribution is 2.28. The summed E-state index contributed by atoms with van der Waals surface area (Å²) in [6.45, 7) is 2.51. The Labute approximate surface area is 157 Å². The van der Waals surface area contributed by atoms with E-state index in [0.29, 0.717) is 42.9 Å². The third-order valence-electron chi connectivity index (χ3n) is 4.47. The van der Waals surface area contributed by atoms with E-state index in [1.165, 1.54) is 6.92 Å². The van der Waals surface area contributed by atoms with Crippen LogP contribution >= 0.6 is 0 Å². The van der Waals surface area contributed by atoms with Crippen molar-refractivity contribution in [3.63, 3.8) is 0 Å². The molecule has 0 aliphatic carbocycles. The van der Waals surface area contributed by atoms with Gasteiger partial charge < -0.3 is 20.5 Å². The summed E-state index contributed by atoms with van der Waals surface area (Å²) >= 11 is 0. The summed E-state index contributed by atoms with van der Waals surface area (Å²) in [7, 11) is 0. The van der Waals surface area contributed by atoms with E-state index in [1.54, 1.807) is 29.3 Å². The number of hydrogen-bond donors (Lipinski definition) is 2. The second kappa shape index (κ2) is 8.01. The summed E-state index contributed by atoms with van der Waals surface area (Å²) in [6, 6.07) is 9.16. The number of benzene rings is 1. The number of nitrogens with zero attached hydrogens (tertiary/aromatic N) is 4. The van der Waals surface area contributed by atoms with Gasteiger partial charge in [0.2, 0.25) is 5.95 Å². The number of piperidine rings is 1. The van der Waals surface area contributed by atoms with Crippen molar-refractivity contribution >= 4 is 11.9 Å². The van der Waals surface area contributed by atoms with Gasteiger partial charge in [-0.25, -0.2) is 9.97 Å². The average molecular weight is 367 g/mol. The van der Waals surface area contributed by atoms with E-state index < -0.39 is 6.10 Å². The summed E-state index contributed by atoms with van der Waals surface area (Å²) < 4.78 is 6.00. The van der Waals surface area contributed by atoms with Crippen molar-refractivity contribution in [3.05, 3.63) is 36.0 Å². The Morgan fingerprint density at radius 2 is 2.15 bits per heavy atom. The van der Waals surface area contributed by atoms with Gasteiger partial charge in [0.25, 0.3) is 5.91 Å². The number of anilines is 1. The number of rotatable bonds is 4. The number of carbonyl (C=O) groups is 1. The molecule has 3 rings (SSSR count). The largest absolute Gasteiger partial charge is 0.489 e. The zero-order chi connectivity index (χ0) is 19.4. The smallest absolute Gasteiger partial charge is 0.251 e. The number of carbonyl (C=O) groups excluding carboxylic acids is 1. The first-order valence-corrected chi connectivity index (χ1v) is 8.74. The van der Waals surface area contributed by atoms with Gasteiger partial charge in [-0.3, -0.25) is 4.79 Å². The maximum atomic E-state index is 11.8. The van der Waals surface area contributed by atoms with Crippen molar-refractivity contribution in [1.82, 2.24) is 14.9 Å². The quantitative estimate of drug-likeness (QED) is 0.835. The summed E-state index contributed by atoms with van der Waals surface area (Å²) in [5.74, 6) is 0.410. The molecule has 8 nitrogen and oxygen atoms in total. The van der Waals surface area contributed by atoms with E-state index >= 15 is 0 Å². The number of likely N-dealkylation sites (tertiary alicyclic amines) is 1. The lowest BCUT2D eigenvalue weighted by atomic mass is 10.1. The number of nitrogens with two attached hydrogens (primary N) is 1. The Kier molecular flexibility index (Phi) is 5.52. The Bertz CT molecular complexity index is 870. The van der Waals surface area contributed by atoms with Crippen molar-refractivity contribution in [1.29, 1.82) is 5.26 Å². The maximum absolute atomic E-state index is 11.8. The number of ether oxygens (including phenoxy) is 1. The minimum Gasteiger partial charge on any atom is -0.489 e. The summed E-state index contributed by atoms with van der Waals surface area (Å²) in [5.41, 5.74) is 7.41. The van der Waals surface area contributed by atoms with Gasteiger partial charge >= 0.3 is 0 Å². The first-order valence-electron chi connectivity index (χ1n) is 8.74. The molecule has 8 heteroatoms. The molecule has 0 spiro atoms. The van der Waals surface area contributed by atoms with Gasteiger partial charge in [-0.2, -0.15) is 5.26 Å². The predicted octanol–water partition coefficient (Wildman–Crippen LogP) is 1.35. The monoisotopic (exact) mass is 367 g/mol. The molecule has 1 fully saturated rings. The molecule has 27 heavy (non-hydrogen) atoms. The van der Waals surface area contributed by atoms with Gasteiger partial charge in [0, 0.05) is 37.7 Å². The molecule has 1 atom stereocenters. The molecular weight excluding hydrogens is 346 g/mol. The van der Waals surface area contributed by atoms with E-state index in [2.05, 4.69) is 16.0 Å². The number of aliphatic hydroxyl groups is 1. The van der Waals surface area contributed by atoms with Crippen LogP contribution in [0.15, 0.2) is 30.5 Å². The molecule has 1 aliphatic heterocycles. The molecule has 3 N–H and O–H groups in total. The minimum absolute atomic E-state index is 0.0873. The van der Waals surface area contributed by atoms with E-state index in [0.717, 1.165) is 5.56 Å². The zero-order valence-electron chi connectivity index (χ0n) is 15.0. The molecule has 2 aromatic rings. The molecule has 1 aromatic heterocycles. The number of aliphatic hydroxyl groups excluding tert-OH is 1. The molecule has 140 valence electrons. The molecule has 0 saturated carbocycles. The van der Waals surface area contributed by atoms with Crippen LogP contribution in [0, 0.1) is 11.3 Å². The Hall–Kier alpha value is -3.18. The number of aromatic nitrogens is 2. The Balaban J connectivity index is 1.69. The van der Waals surface area contributed by atoms with Gasteiger partial charge in [-0.05, 0) is 31.2 Å². The van der Waals surface area contributed by atoms with Crippen LogP contribution in [0.3, 0.4) is 0 Å². The van der Waals surface area contributed by atoms with Crippen molar-refractivity contribution in [2.75, 3.05) is 18.8 Å². The van der Waals surface area contributed by atoms with Crippen LogP contribution < -0.4 is 10.5 Å². The van der Waals surface area contributed by atoms with E-state index in [9.17, 15) is 15.2 Å². The molecule has 0 unspecified atom stereocenters. The molecule has 0 bridgehead atoms. The zero-order valence-corrected chi connectivity index (χ0v) is 15.0. The lowest BCUT2D eigenvalue weighted by Crippen LogP contribution is -2.45. The molecule has 1 aliphatic rings. The Morgan fingerprint density at radius 1 is 1.41 bits per heavy atom. The van der Waals surface area contributed by atoms with Crippen LogP contribution in [0.4, 0.5) is 5.95 Å². The predicted molar refractivity (Wildman–Crippen MR) is 98.5 cm³/mol. The van der Waals surface area contributed by atoms with Crippen LogP contribution in [0.25, 0.3) is 11.3 Å². The Morgan fingerprint density at radius 3 is 2.78 bits per heavy atom. The standard InChI is InChI=1S/C19H21N5O3/c1-12(25)18(26)24-8-5-15(6-9-24)27-17-3-2-13(10-14(17)11-20)16-4-7-22-19(21)23-16/h2-4,7,10,12,15,25H,5-6,8-9H2,1H3,(H2,21,22,23)/t12-/m1/s1. The van der Waals surface area contributed by atoms with Crippen molar-refractivity contribution in [2.24, 2.45) is 0 Å². The lowest BCUT2D eigenvalue weighted by molar-refractivity contribution is -0.141. The lowest BCUT2D eigenvalue weighted by Gasteiger charge is -2.33. The van der Waals surface area contributed by atoms with E-state index in [1.807, 2.05) is 6.07 Å². The van der Waals surface area contributed by atoms with Crippen LogP contribution in [-0.4, -0.2) is 51.2 Å². The third kappa shape index (κ3) is 4.33. The van der Waals surface area contributed by atoms with E-state index in [4.69, 9.17) is 10.5 Å². The maximum Gasteiger partial charge on any atom is 0.251 e. The number of hydrogen-bond acceptors (Lipinski definition) is 7. The first kappa shape index (κ1) is 18.6. The van der Waals surface area contributed by atoms with E-state index in [-0.39, 0.29) is 18.0 Å².